The number of amides is 1. The zero-order chi connectivity index (χ0) is 21.5. The van der Waals surface area contributed by atoms with Gasteiger partial charge in [0.05, 0.1) is 16.4 Å². The highest BCUT2D eigenvalue weighted by molar-refractivity contribution is 6.36. The first kappa shape index (κ1) is 20.1. The largest absolute Gasteiger partial charge is 0.433 e. The predicted molar refractivity (Wildman–Crippen MR) is 106 cm³/mol. The van der Waals surface area contributed by atoms with Crippen LogP contribution in [0.2, 0.25) is 10.0 Å². The van der Waals surface area contributed by atoms with Gasteiger partial charge in [-0.05, 0) is 24.3 Å². The van der Waals surface area contributed by atoms with E-state index in [0.717, 1.165) is 6.07 Å². The quantitative estimate of drug-likeness (QED) is 0.454. The zero-order valence-corrected chi connectivity index (χ0v) is 16.3. The Bertz CT molecular complexity index is 1260. The third-order valence-corrected chi connectivity index (χ3v) is 4.60. The summed E-state index contributed by atoms with van der Waals surface area (Å²) in [6, 6.07) is 13.5. The second-order valence-electron chi connectivity index (χ2n) is 6.12. The second kappa shape index (κ2) is 7.58. The molecule has 1 amide bonds. The van der Waals surface area contributed by atoms with E-state index in [1.165, 1.54) is 18.2 Å². The minimum Gasteiger partial charge on any atom is -0.318 e. The maximum Gasteiger partial charge on any atom is 0.433 e. The molecular formula is C19H10Cl2F3N5O. The van der Waals surface area contributed by atoms with Crippen LogP contribution in [0.1, 0.15) is 16.3 Å². The van der Waals surface area contributed by atoms with Gasteiger partial charge in [0.2, 0.25) is 5.82 Å². The average Bonchev–Trinajstić information content (AvgIpc) is 3.13. The first-order chi connectivity index (χ1) is 14.2. The molecule has 4 rings (SSSR count). The van der Waals surface area contributed by atoms with E-state index < -0.39 is 23.6 Å². The summed E-state index contributed by atoms with van der Waals surface area (Å²) in [5.41, 5.74) is -0.385. The van der Waals surface area contributed by atoms with Gasteiger partial charge in [0.1, 0.15) is 0 Å². The number of rotatable bonds is 3. The van der Waals surface area contributed by atoms with Gasteiger partial charge in [-0.1, -0.05) is 53.5 Å². The maximum absolute atomic E-state index is 13.6. The molecule has 0 aliphatic heterocycles. The van der Waals surface area contributed by atoms with Gasteiger partial charge in [-0.3, -0.25) is 4.79 Å². The number of benzene rings is 2. The summed E-state index contributed by atoms with van der Waals surface area (Å²) in [6.45, 7) is 0. The molecule has 6 nitrogen and oxygen atoms in total. The van der Waals surface area contributed by atoms with Gasteiger partial charge in [-0.15, -0.1) is 5.10 Å². The monoisotopic (exact) mass is 451 g/mol. The number of fused-ring (bicyclic) bond motifs is 1. The molecule has 0 bridgehead atoms. The lowest BCUT2D eigenvalue weighted by Crippen LogP contribution is -2.16. The Morgan fingerprint density at radius 2 is 1.73 bits per heavy atom. The van der Waals surface area contributed by atoms with Crippen molar-refractivity contribution in [1.29, 1.82) is 0 Å². The van der Waals surface area contributed by atoms with E-state index in [9.17, 15) is 18.0 Å². The fourth-order valence-corrected chi connectivity index (χ4v) is 3.15. The van der Waals surface area contributed by atoms with E-state index in [-0.39, 0.29) is 22.2 Å². The molecule has 0 saturated carbocycles. The van der Waals surface area contributed by atoms with Gasteiger partial charge in [0.15, 0.2) is 5.69 Å². The van der Waals surface area contributed by atoms with E-state index in [0.29, 0.717) is 15.1 Å². The topological polar surface area (TPSA) is 72.2 Å². The molecule has 0 spiro atoms. The first-order valence-corrected chi connectivity index (χ1v) is 9.15. The van der Waals surface area contributed by atoms with Crippen LogP contribution in [0.3, 0.4) is 0 Å². The highest BCUT2D eigenvalue weighted by Gasteiger charge is 2.36. The SMILES string of the molecule is O=C(Nc1ccc(Cl)cc1Cl)c1nc2nc(-c3ccccc3)cc(C(F)(F)F)n2n1. The number of hydrogen-bond donors (Lipinski definition) is 1. The van der Waals surface area contributed by atoms with Gasteiger partial charge in [0, 0.05) is 10.6 Å². The fourth-order valence-electron chi connectivity index (χ4n) is 2.69. The summed E-state index contributed by atoms with van der Waals surface area (Å²) in [7, 11) is 0. The van der Waals surface area contributed by atoms with Gasteiger partial charge in [0.25, 0.3) is 11.7 Å². The summed E-state index contributed by atoms with van der Waals surface area (Å²) in [6.07, 6.45) is -4.74. The van der Waals surface area contributed by atoms with E-state index in [1.54, 1.807) is 30.3 Å². The highest BCUT2D eigenvalue weighted by atomic mass is 35.5. The van der Waals surface area contributed by atoms with Crippen LogP contribution in [0.5, 0.6) is 0 Å². The second-order valence-corrected chi connectivity index (χ2v) is 6.96. The number of nitrogens with one attached hydrogen (secondary N) is 1. The lowest BCUT2D eigenvalue weighted by atomic mass is 10.1. The van der Waals surface area contributed by atoms with Gasteiger partial charge < -0.3 is 5.32 Å². The molecule has 152 valence electrons. The Hall–Kier alpha value is -3.17. The van der Waals surface area contributed by atoms with Crippen LogP contribution in [0.15, 0.2) is 54.6 Å². The molecule has 30 heavy (non-hydrogen) atoms. The molecule has 11 heteroatoms. The van der Waals surface area contributed by atoms with Crippen molar-refractivity contribution in [2.75, 3.05) is 5.32 Å². The molecular weight excluding hydrogens is 442 g/mol. The van der Waals surface area contributed by atoms with Crippen LogP contribution < -0.4 is 5.32 Å². The van der Waals surface area contributed by atoms with E-state index >= 15 is 0 Å². The summed E-state index contributed by atoms with van der Waals surface area (Å²) in [5, 5.41) is 6.65. The van der Waals surface area contributed by atoms with Crippen molar-refractivity contribution in [3.63, 3.8) is 0 Å². The van der Waals surface area contributed by atoms with Crippen molar-refractivity contribution in [3.8, 4) is 11.3 Å². The van der Waals surface area contributed by atoms with Crippen molar-refractivity contribution in [2.24, 2.45) is 0 Å². The Kier molecular flexibility index (Phi) is 5.08. The van der Waals surface area contributed by atoms with Gasteiger partial charge in [-0.2, -0.15) is 22.7 Å². The lowest BCUT2D eigenvalue weighted by Gasteiger charge is -2.10. The minimum atomic E-state index is -4.74. The van der Waals surface area contributed by atoms with E-state index in [4.69, 9.17) is 23.2 Å². The number of alkyl halides is 3. The van der Waals surface area contributed by atoms with Gasteiger partial charge in [-0.25, -0.2) is 4.98 Å². The zero-order valence-electron chi connectivity index (χ0n) is 14.8. The number of carbonyl (C=O) groups excluding carboxylic acids is 1. The minimum absolute atomic E-state index is 0.0514. The number of aromatic nitrogens is 4. The molecule has 0 unspecified atom stereocenters. The molecule has 0 fully saturated rings. The summed E-state index contributed by atoms with van der Waals surface area (Å²) < 4.78 is 41.3. The predicted octanol–water partition coefficient (Wildman–Crippen LogP) is 5.37. The van der Waals surface area contributed by atoms with Gasteiger partial charge >= 0.3 is 6.18 Å². The van der Waals surface area contributed by atoms with Crippen LogP contribution in [0, 0.1) is 0 Å². The van der Waals surface area contributed by atoms with Crippen LogP contribution in [-0.4, -0.2) is 25.5 Å². The fraction of sp³-hybridized carbons (Fsp3) is 0.0526. The molecule has 4 aromatic rings. The number of carbonyl (C=O) groups is 1. The Balaban J connectivity index is 1.78. The van der Waals surface area contributed by atoms with E-state index in [1.807, 2.05) is 0 Å². The standard InChI is InChI=1S/C19H10Cl2F3N5O/c20-11-6-7-13(12(21)8-11)25-17(30)16-27-18-26-14(10-4-2-1-3-5-10)9-15(19(22,23)24)29(18)28-16/h1-9H,(H,25,30). The van der Waals surface area contributed by atoms with Crippen molar-refractivity contribution >= 4 is 40.6 Å². The van der Waals surface area contributed by atoms with Crippen LogP contribution in [-0.2, 0) is 6.18 Å². The average molecular weight is 452 g/mol. The number of hydrogen-bond acceptors (Lipinski definition) is 4. The normalized spacial score (nSPS) is 11.6. The third-order valence-electron chi connectivity index (χ3n) is 4.05. The molecule has 2 aromatic carbocycles. The molecule has 2 heterocycles. The van der Waals surface area contributed by atoms with Crippen LogP contribution in [0.4, 0.5) is 18.9 Å². The Morgan fingerprint density at radius 1 is 1.00 bits per heavy atom. The smallest absolute Gasteiger partial charge is 0.318 e. The number of nitrogens with zero attached hydrogens (tertiary/aromatic N) is 4. The third kappa shape index (κ3) is 3.94. The van der Waals surface area contributed by atoms with Crippen molar-refractivity contribution in [3.05, 3.63) is 76.2 Å². The van der Waals surface area contributed by atoms with Crippen LogP contribution in [0.25, 0.3) is 17.0 Å². The van der Waals surface area contributed by atoms with Crippen molar-refractivity contribution in [2.45, 2.75) is 6.18 Å². The Morgan fingerprint density at radius 3 is 2.40 bits per heavy atom. The maximum atomic E-state index is 13.6. The lowest BCUT2D eigenvalue weighted by molar-refractivity contribution is -0.142. The summed E-state index contributed by atoms with van der Waals surface area (Å²) in [4.78, 5) is 20.5. The molecule has 0 aliphatic rings. The highest BCUT2D eigenvalue weighted by Crippen LogP contribution is 2.32. The van der Waals surface area contributed by atoms with E-state index in [2.05, 4.69) is 20.4 Å². The van der Waals surface area contributed by atoms with Crippen molar-refractivity contribution < 1.29 is 18.0 Å². The molecule has 0 saturated heterocycles. The number of halogens is 5. The molecule has 0 radical (unpaired) electrons. The van der Waals surface area contributed by atoms with Crippen molar-refractivity contribution in [1.82, 2.24) is 19.6 Å². The number of anilines is 1. The van der Waals surface area contributed by atoms with Crippen LogP contribution >= 0.6 is 23.2 Å². The Labute approximate surface area is 177 Å². The molecule has 1 N–H and O–H groups in total. The summed E-state index contributed by atoms with van der Waals surface area (Å²) >= 11 is 11.8. The summed E-state index contributed by atoms with van der Waals surface area (Å²) in [5.74, 6) is -1.71. The molecule has 0 atom stereocenters. The first-order valence-electron chi connectivity index (χ1n) is 8.39. The molecule has 0 aliphatic carbocycles. The molecule has 2 aromatic heterocycles.